The third kappa shape index (κ3) is 1.76. The van der Waals surface area contributed by atoms with Crippen LogP contribution in [0.1, 0.15) is 19.7 Å². The molecule has 86 valence electrons. The summed E-state index contributed by atoms with van der Waals surface area (Å²) in [5.74, 6) is 0.773. The molecule has 0 aromatic carbocycles. The number of hydrogen-bond donors (Lipinski definition) is 1. The largest absolute Gasteiger partial charge is 0.319 e. The molecule has 0 saturated carbocycles. The molecule has 2 aromatic rings. The van der Waals surface area contributed by atoms with Crippen molar-refractivity contribution in [1.82, 2.24) is 9.38 Å². The van der Waals surface area contributed by atoms with Crippen molar-refractivity contribution in [2.75, 3.05) is 6.26 Å². The number of imidazole rings is 1. The Hall–Kier alpha value is -1.20. The number of hydrogen-bond acceptors (Lipinski definition) is 3. The Morgan fingerprint density at radius 2 is 2.19 bits per heavy atom. The van der Waals surface area contributed by atoms with Crippen molar-refractivity contribution < 1.29 is 4.21 Å². The summed E-state index contributed by atoms with van der Waals surface area (Å²) >= 11 is 0. The Balaban J connectivity index is 2.76. The maximum absolute atomic E-state index is 11.6. The van der Waals surface area contributed by atoms with Crippen LogP contribution in [-0.4, -0.2) is 19.8 Å². The van der Waals surface area contributed by atoms with E-state index in [1.165, 1.54) is 0 Å². The number of rotatable bonds is 2. The van der Waals surface area contributed by atoms with Gasteiger partial charge < -0.3 is 10.1 Å². The molecule has 0 amide bonds. The van der Waals surface area contributed by atoms with Crippen molar-refractivity contribution in [1.29, 1.82) is 0 Å². The topological polar surface area (TPSA) is 60.4 Å². The van der Waals surface area contributed by atoms with Crippen LogP contribution in [0.5, 0.6) is 0 Å². The number of aromatic nitrogens is 2. The Kier molecular flexibility index (Phi) is 2.59. The van der Waals surface area contributed by atoms with E-state index < -0.39 is 16.3 Å². The van der Waals surface area contributed by atoms with Gasteiger partial charge in [0.05, 0.1) is 32.9 Å². The predicted octanol–water partition coefficient (Wildman–Crippen LogP) is 1.27. The summed E-state index contributed by atoms with van der Waals surface area (Å²) in [4.78, 5) is 5.10. The average Bonchev–Trinajstić information content (AvgIpc) is 2.59. The van der Waals surface area contributed by atoms with Gasteiger partial charge in [0.2, 0.25) is 0 Å². The fourth-order valence-corrected chi connectivity index (χ4v) is 2.43. The first-order valence-corrected chi connectivity index (χ1v) is 6.56. The summed E-state index contributed by atoms with van der Waals surface area (Å²) in [5.41, 5.74) is 6.38. The Morgan fingerprint density at radius 1 is 1.50 bits per heavy atom. The van der Waals surface area contributed by atoms with Gasteiger partial charge in [0.1, 0.15) is 5.82 Å². The second-order valence-electron chi connectivity index (χ2n) is 4.39. The molecule has 1 atom stereocenters. The van der Waals surface area contributed by atoms with E-state index in [1.807, 2.05) is 36.6 Å². The lowest BCUT2D eigenvalue weighted by atomic mass is 10.1. The van der Waals surface area contributed by atoms with Crippen LogP contribution >= 0.6 is 0 Å². The maximum Gasteiger partial charge on any atom is 0.132 e. The predicted molar refractivity (Wildman–Crippen MR) is 64.7 cm³/mol. The highest BCUT2D eigenvalue weighted by Crippen LogP contribution is 2.21. The van der Waals surface area contributed by atoms with Gasteiger partial charge in [-0.25, -0.2) is 4.98 Å². The molecule has 5 heteroatoms. The minimum atomic E-state index is -1.02. The molecule has 2 heterocycles. The van der Waals surface area contributed by atoms with Crippen LogP contribution in [0.15, 0.2) is 29.4 Å². The van der Waals surface area contributed by atoms with Crippen LogP contribution in [0.25, 0.3) is 5.52 Å². The smallest absolute Gasteiger partial charge is 0.132 e. The summed E-state index contributed by atoms with van der Waals surface area (Å²) in [6.45, 7) is 3.80. The summed E-state index contributed by atoms with van der Waals surface area (Å²) < 4.78 is 13.5. The second-order valence-corrected chi connectivity index (χ2v) is 5.73. The molecule has 0 fully saturated rings. The molecular formula is C11H15N3OS. The minimum absolute atomic E-state index is 0.514. The maximum atomic E-state index is 11.6. The van der Waals surface area contributed by atoms with Crippen molar-refractivity contribution in [2.45, 2.75) is 24.3 Å². The number of nitrogens with zero attached hydrogens (tertiary/aromatic N) is 2. The molecule has 0 radical (unpaired) electrons. The van der Waals surface area contributed by atoms with E-state index in [0.29, 0.717) is 0 Å². The first-order chi connectivity index (χ1) is 7.41. The highest BCUT2D eigenvalue weighted by molar-refractivity contribution is 7.84. The zero-order chi connectivity index (χ0) is 11.9. The Bertz CT molecular complexity index is 554. The van der Waals surface area contributed by atoms with Gasteiger partial charge in [-0.15, -0.1) is 0 Å². The lowest BCUT2D eigenvalue weighted by Gasteiger charge is -2.17. The molecule has 0 aliphatic rings. The number of nitrogens with two attached hydrogens (primary N) is 1. The zero-order valence-corrected chi connectivity index (χ0v) is 10.4. The molecule has 2 rings (SSSR count). The van der Waals surface area contributed by atoms with Crippen molar-refractivity contribution in [2.24, 2.45) is 5.73 Å². The van der Waals surface area contributed by atoms with Gasteiger partial charge in [0.25, 0.3) is 0 Å². The number of fused-ring (bicyclic) bond motifs is 1. The molecule has 2 aromatic heterocycles. The monoisotopic (exact) mass is 237 g/mol. The molecule has 1 unspecified atom stereocenters. The van der Waals surface area contributed by atoms with Crippen molar-refractivity contribution >= 4 is 16.3 Å². The van der Waals surface area contributed by atoms with Gasteiger partial charge in [-0.2, -0.15) is 0 Å². The highest BCUT2D eigenvalue weighted by atomic mass is 32.2. The molecule has 4 nitrogen and oxygen atoms in total. The summed E-state index contributed by atoms with van der Waals surface area (Å²) in [5, 5.41) is 0. The SMILES string of the molecule is CS(=O)c1cccn2c(C(C)(C)N)ncc12. The minimum Gasteiger partial charge on any atom is -0.319 e. The van der Waals surface area contributed by atoms with Crippen LogP contribution in [0.3, 0.4) is 0 Å². The second kappa shape index (κ2) is 3.68. The lowest BCUT2D eigenvalue weighted by Crippen LogP contribution is -2.31. The van der Waals surface area contributed by atoms with E-state index in [-0.39, 0.29) is 0 Å². The third-order valence-electron chi connectivity index (χ3n) is 2.42. The van der Waals surface area contributed by atoms with Gasteiger partial charge in [0.15, 0.2) is 0 Å². The fourth-order valence-electron chi connectivity index (χ4n) is 1.72. The molecular weight excluding hydrogens is 222 g/mol. The first kappa shape index (κ1) is 11.3. The molecule has 0 spiro atoms. The van der Waals surface area contributed by atoms with Gasteiger partial charge >= 0.3 is 0 Å². The summed E-state index contributed by atoms with van der Waals surface area (Å²) in [6.07, 6.45) is 5.28. The van der Waals surface area contributed by atoms with E-state index >= 15 is 0 Å². The quantitative estimate of drug-likeness (QED) is 0.855. The van der Waals surface area contributed by atoms with Crippen LogP contribution in [0, 0.1) is 0 Å². The normalized spacial score (nSPS) is 14.2. The lowest BCUT2D eigenvalue weighted by molar-refractivity contribution is 0.511. The van der Waals surface area contributed by atoms with Crippen LogP contribution in [-0.2, 0) is 16.3 Å². The zero-order valence-electron chi connectivity index (χ0n) is 9.60. The fraction of sp³-hybridized carbons (Fsp3) is 0.364. The van der Waals surface area contributed by atoms with E-state index in [0.717, 1.165) is 16.2 Å². The Morgan fingerprint density at radius 3 is 2.75 bits per heavy atom. The van der Waals surface area contributed by atoms with Crippen LogP contribution < -0.4 is 5.73 Å². The van der Waals surface area contributed by atoms with E-state index in [2.05, 4.69) is 4.98 Å². The van der Waals surface area contributed by atoms with Crippen molar-refractivity contribution in [3.05, 3.63) is 30.4 Å². The average molecular weight is 237 g/mol. The third-order valence-corrected chi connectivity index (χ3v) is 3.38. The molecule has 0 aliphatic carbocycles. The van der Waals surface area contributed by atoms with E-state index in [9.17, 15) is 4.21 Å². The molecule has 0 aliphatic heterocycles. The van der Waals surface area contributed by atoms with Gasteiger partial charge in [0, 0.05) is 12.5 Å². The molecule has 16 heavy (non-hydrogen) atoms. The van der Waals surface area contributed by atoms with E-state index in [1.54, 1.807) is 12.5 Å². The standard InChI is InChI=1S/C11H15N3OS/c1-11(2,12)10-13-7-8-9(16(3)15)5-4-6-14(8)10/h4-7H,12H2,1-3H3. The van der Waals surface area contributed by atoms with Gasteiger partial charge in [-0.05, 0) is 26.0 Å². The summed E-state index contributed by atoms with van der Waals surface area (Å²) in [7, 11) is -1.02. The van der Waals surface area contributed by atoms with Gasteiger partial charge in [-0.1, -0.05) is 0 Å². The molecule has 0 bridgehead atoms. The molecule has 0 saturated heterocycles. The number of pyridine rings is 1. The van der Waals surface area contributed by atoms with Crippen LogP contribution in [0.2, 0.25) is 0 Å². The van der Waals surface area contributed by atoms with Crippen molar-refractivity contribution in [3.8, 4) is 0 Å². The van der Waals surface area contributed by atoms with Crippen LogP contribution in [0.4, 0.5) is 0 Å². The molecule has 2 N–H and O–H groups in total. The van der Waals surface area contributed by atoms with Crippen molar-refractivity contribution in [3.63, 3.8) is 0 Å². The highest BCUT2D eigenvalue weighted by Gasteiger charge is 2.21. The van der Waals surface area contributed by atoms with Gasteiger partial charge in [-0.3, -0.25) is 4.21 Å². The summed E-state index contributed by atoms with van der Waals surface area (Å²) in [6, 6.07) is 3.71. The Labute approximate surface area is 96.9 Å². The first-order valence-electron chi connectivity index (χ1n) is 5.00. The van der Waals surface area contributed by atoms with E-state index in [4.69, 9.17) is 5.73 Å².